The van der Waals surface area contributed by atoms with Crippen LogP contribution in [0, 0.1) is 26.2 Å². The van der Waals surface area contributed by atoms with Crippen LogP contribution < -0.4 is 0 Å². The van der Waals surface area contributed by atoms with Gasteiger partial charge in [0, 0.05) is 6.42 Å². The van der Waals surface area contributed by atoms with Gasteiger partial charge in [0.15, 0.2) is 0 Å². The summed E-state index contributed by atoms with van der Waals surface area (Å²) in [6.45, 7) is 8.84. The third kappa shape index (κ3) is 2.31. The molecule has 0 unspecified atom stereocenters. The Hall–Kier alpha value is -1.82. The summed E-state index contributed by atoms with van der Waals surface area (Å²) < 4.78 is 0. The van der Waals surface area contributed by atoms with E-state index in [-0.39, 0.29) is 0 Å². The lowest BCUT2D eigenvalue weighted by Gasteiger charge is -2.09. The summed E-state index contributed by atoms with van der Waals surface area (Å²) in [7, 11) is 0. The van der Waals surface area contributed by atoms with Crippen molar-refractivity contribution in [1.82, 2.24) is 0 Å². The molecule has 0 heterocycles. The van der Waals surface area contributed by atoms with Gasteiger partial charge in [-0.15, -0.1) is 0 Å². The maximum Gasteiger partial charge on any atom is 0.0167 e. The van der Waals surface area contributed by atoms with Crippen LogP contribution in [0.4, 0.5) is 0 Å². The zero-order valence-electron chi connectivity index (χ0n) is 12.7. The fourth-order valence-corrected chi connectivity index (χ4v) is 2.97. The van der Waals surface area contributed by atoms with E-state index in [1.807, 2.05) is 0 Å². The maximum absolute atomic E-state index is 2.35. The Kier molecular flexibility index (Phi) is 3.25. The molecule has 0 N–H and O–H groups in total. The molecule has 0 aromatic heterocycles. The molecule has 1 aliphatic carbocycles. The van der Waals surface area contributed by atoms with Crippen LogP contribution in [-0.4, -0.2) is 0 Å². The second-order valence-corrected chi connectivity index (χ2v) is 6.13. The monoisotopic (exact) mass is 261 g/mol. The molecule has 0 nitrogen and oxygen atoms in total. The summed E-state index contributed by atoms with van der Waals surface area (Å²) in [5.74, 6) is 0.578. The summed E-state index contributed by atoms with van der Waals surface area (Å²) in [6.07, 6.45) is 4.68. The van der Waals surface area contributed by atoms with Crippen molar-refractivity contribution in [1.29, 1.82) is 0 Å². The molecule has 0 spiro atoms. The molecule has 1 radical (unpaired) electrons. The van der Waals surface area contributed by atoms with Crippen molar-refractivity contribution < 1.29 is 0 Å². The molecule has 3 rings (SSSR count). The summed E-state index contributed by atoms with van der Waals surface area (Å²) in [6, 6.07) is 13.4. The molecular weight excluding hydrogens is 240 g/mol. The van der Waals surface area contributed by atoms with Gasteiger partial charge in [0.05, 0.1) is 0 Å². The Morgan fingerprint density at radius 2 is 1.60 bits per heavy atom. The van der Waals surface area contributed by atoms with E-state index in [0.29, 0.717) is 5.92 Å². The van der Waals surface area contributed by atoms with Gasteiger partial charge in [-0.25, -0.2) is 0 Å². The highest BCUT2D eigenvalue weighted by Gasteiger charge is 2.18. The summed E-state index contributed by atoms with van der Waals surface area (Å²) >= 11 is 0. The van der Waals surface area contributed by atoms with Crippen molar-refractivity contribution in [2.45, 2.75) is 27.7 Å². The predicted octanol–water partition coefficient (Wildman–Crippen LogP) is 5.58. The fraction of sp³-hybridized carbons (Fsp3) is 0.250. The Labute approximate surface area is 122 Å². The molecule has 0 saturated carbocycles. The van der Waals surface area contributed by atoms with Gasteiger partial charge in [0.1, 0.15) is 0 Å². The minimum atomic E-state index is 0.578. The van der Waals surface area contributed by atoms with E-state index >= 15 is 0 Å². The molecule has 20 heavy (non-hydrogen) atoms. The third-order valence-corrected chi connectivity index (χ3v) is 3.97. The SMILES string of the molecule is Cc1cc(C)cc(-c2cccc3c2C=C(C(C)C)[CH]3)c1. The van der Waals surface area contributed by atoms with E-state index in [4.69, 9.17) is 0 Å². The van der Waals surface area contributed by atoms with Crippen molar-refractivity contribution in [2.24, 2.45) is 5.92 Å². The largest absolute Gasteiger partial charge is 0.0613 e. The lowest BCUT2D eigenvalue weighted by atomic mass is 9.95. The van der Waals surface area contributed by atoms with E-state index in [2.05, 4.69) is 76.6 Å². The number of hydrogen-bond acceptors (Lipinski definition) is 0. The quantitative estimate of drug-likeness (QED) is 0.662. The highest BCUT2D eigenvalue weighted by molar-refractivity contribution is 5.83. The van der Waals surface area contributed by atoms with Gasteiger partial charge < -0.3 is 0 Å². The van der Waals surface area contributed by atoms with Crippen LogP contribution in [0.15, 0.2) is 42.0 Å². The molecule has 2 aromatic carbocycles. The smallest absolute Gasteiger partial charge is 0.0167 e. The second-order valence-electron chi connectivity index (χ2n) is 6.13. The van der Waals surface area contributed by atoms with Crippen molar-refractivity contribution in [3.8, 4) is 11.1 Å². The average molecular weight is 261 g/mol. The van der Waals surface area contributed by atoms with E-state index < -0.39 is 0 Å². The van der Waals surface area contributed by atoms with Crippen LogP contribution in [0.3, 0.4) is 0 Å². The zero-order chi connectivity index (χ0) is 14.3. The zero-order valence-corrected chi connectivity index (χ0v) is 12.7. The predicted molar refractivity (Wildman–Crippen MR) is 87.6 cm³/mol. The molecule has 0 saturated heterocycles. The molecule has 0 atom stereocenters. The van der Waals surface area contributed by atoms with Crippen LogP contribution in [0.1, 0.15) is 36.1 Å². The number of fused-ring (bicyclic) bond motifs is 1. The Morgan fingerprint density at radius 3 is 2.25 bits per heavy atom. The average Bonchev–Trinajstić information content (AvgIpc) is 2.81. The van der Waals surface area contributed by atoms with Crippen molar-refractivity contribution >= 4 is 6.08 Å². The first kappa shape index (κ1) is 13.2. The van der Waals surface area contributed by atoms with Crippen LogP contribution >= 0.6 is 0 Å². The summed E-state index contributed by atoms with van der Waals surface area (Å²) in [4.78, 5) is 0. The second kappa shape index (κ2) is 4.94. The van der Waals surface area contributed by atoms with E-state index in [9.17, 15) is 0 Å². The van der Waals surface area contributed by atoms with Crippen molar-refractivity contribution in [2.75, 3.05) is 0 Å². The number of benzene rings is 2. The third-order valence-electron chi connectivity index (χ3n) is 3.97. The molecule has 0 bridgehead atoms. The molecule has 0 amide bonds. The van der Waals surface area contributed by atoms with Crippen molar-refractivity contribution in [3.63, 3.8) is 0 Å². The minimum Gasteiger partial charge on any atom is -0.0613 e. The summed E-state index contributed by atoms with van der Waals surface area (Å²) in [5.41, 5.74) is 9.49. The Morgan fingerprint density at radius 1 is 0.900 bits per heavy atom. The Balaban J connectivity index is 2.15. The highest BCUT2D eigenvalue weighted by Crippen LogP contribution is 2.37. The van der Waals surface area contributed by atoms with Gasteiger partial charge in [0.25, 0.3) is 0 Å². The normalized spacial score (nSPS) is 13.6. The standard InChI is InChI=1S/C20H21/c1-13(2)17-11-16-6-5-7-19(20(16)12-17)18-9-14(3)8-15(4)10-18/h5-13H,1-4H3. The van der Waals surface area contributed by atoms with Gasteiger partial charge in [0.2, 0.25) is 0 Å². The molecule has 2 aromatic rings. The van der Waals surface area contributed by atoms with Gasteiger partial charge in [-0.3, -0.25) is 0 Å². The highest BCUT2D eigenvalue weighted by atomic mass is 14.2. The topological polar surface area (TPSA) is 0 Å². The maximum atomic E-state index is 2.35. The summed E-state index contributed by atoms with van der Waals surface area (Å²) in [5, 5.41) is 0. The van der Waals surface area contributed by atoms with Gasteiger partial charge in [-0.05, 0) is 42.0 Å². The van der Waals surface area contributed by atoms with Crippen LogP contribution in [0.2, 0.25) is 0 Å². The number of hydrogen-bond donors (Lipinski definition) is 0. The first-order chi connectivity index (χ1) is 9.54. The van der Waals surface area contributed by atoms with Crippen LogP contribution in [0.25, 0.3) is 17.2 Å². The lowest BCUT2D eigenvalue weighted by molar-refractivity contribution is 0.789. The van der Waals surface area contributed by atoms with E-state index in [0.717, 1.165) is 0 Å². The molecule has 101 valence electrons. The van der Waals surface area contributed by atoms with Crippen LogP contribution in [0.5, 0.6) is 0 Å². The van der Waals surface area contributed by atoms with Gasteiger partial charge >= 0.3 is 0 Å². The lowest BCUT2D eigenvalue weighted by Crippen LogP contribution is -1.90. The molecule has 0 aliphatic heterocycles. The van der Waals surface area contributed by atoms with Crippen molar-refractivity contribution in [3.05, 3.63) is 70.6 Å². The van der Waals surface area contributed by atoms with Gasteiger partial charge in [-0.1, -0.05) is 73.0 Å². The number of aryl methyl sites for hydroxylation is 2. The fourth-order valence-electron chi connectivity index (χ4n) is 2.97. The Bertz CT molecular complexity index is 667. The molecule has 1 aliphatic rings. The van der Waals surface area contributed by atoms with E-state index in [1.54, 1.807) is 0 Å². The number of rotatable bonds is 2. The minimum absolute atomic E-state index is 0.578. The molecule has 0 heteroatoms. The number of allylic oxidation sites excluding steroid dienone is 1. The van der Waals surface area contributed by atoms with Crippen LogP contribution in [-0.2, 0) is 0 Å². The first-order valence-corrected chi connectivity index (χ1v) is 7.32. The first-order valence-electron chi connectivity index (χ1n) is 7.32. The van der Waals surface area contributed by atoms with Gasteiger partial charge in [-0.2, -0.15) is 0 Å². The molecule has 0 fully saturated rings. The van der Waals surface area contributed by atoms with E-state index in [1.165, 1.54) is 39.0 Å². The molecular formula is C20H21.